The first-order chi connectivity index (χ1) is 12.7. The molecule has 0 aliphatic heterocycles. The summed E-state index contributed by atoms with van der Waals surface area (Å²) in [4.78, 5) is 12.1. The molecular weight excluding hydrogens is 357 g/mol. The predicted octanol–water partition coefficient (Wildman–Crippen LogP) is 4.05. The van der Waals surface area contributed by atoms with Crippen molar-refractivity contribution in [3.05, 3.63) is 65.2 Å². The number of rotatable bonds is 7. The largest absolute Gasteiger partial charge is 0.418 e. The highest BCUT2D eigenvalue weighted by Gasteiger charge is 2.33. The number of carbonyl (C=O) groups is 1. The molecule has 0 spiro atoms. The van der Waals surface area contributed by atoms with Gasteiger partial charge in [0.05, 0.1) is 17.4 Å². The average Bonchev–Trinajstić information content (AvgIpc) is 2.59. The molecule has 2 rings (SSSR count). The molecular formula is C20H23F3N2O2. The third-order valence-corrected chi connectivity index (χ3v) is 4.12. The molecule has 27 heavy (non-hydrogen) atoms. The Morgan fingerprint density at radius 3 is 2.37 bits per heavy atom. The Hall–Kier alpha value is -2.38. The Bertz CT molecular complexity index is 761. The molecule has 2 aromatic carbocycles. The quantitative estimate of drug-likeness (QED) is 0.679. The lowest BCUT2D eigenvalue weighted by Crippen LogP contribution is -2.33. The molecule has 2 aromatic rings. The Kier molecular flexibility index (Phi) is 6.98. The van der Waals surface area contributed by atoms with E-state index in [4.69, 9.17) is 0 Å². The van der Waals surface area contributed by atoms with Crippen molar-refractivity contribution in [2.24, 2.45) is 0 Å². The minimum Gasteiger partial charge on any atom is -0.387 e. The van der Waals surface area contributed by atoms with Gasteiger partial charge in [-0.3, -0.25) is 4.79 Å². The van der Waals surface area contributed by atoms with Gasteiger partial charge in [0.1, 0.15) is 0 Å². The van der Waals surface area contributed by atoms with Crippen LogP contribution >= 0.6 is 0 Å². The standard InChI is InChI=1S/C20H23F3N2O2/c1-13-7-9-15(10-8-13)18(26)12-24-14(2)11-19(27)25-17-6-4-3-5-16(17)20(21,22)23/h3-10,14,18,24,26H,11-12H2,1-2H3,(H,25,27). The first-order valence-electron chi connectivity index (χ1n) is 8.61. The normalized spacial score (nSPS) is 13.9. The Morgan fingerprint density at radius 1 is 1.11 bits per heavy atom. The second kappa shape index (κ2) is 9.01. The molecule has 0 saturated heterocycles. The molecule has 4 nitrogen and oxygen atoms in total. The van der Waals surface area contributed by atoms with Gasteiger partial charge in [0.15, 0.2) is 0 Å². The molecule has 0 bridgehead atoms. The van der Waals surface area contributed by atoms with E-state index in [1.54, 1.807) is 6.92 Å². The van der Waals surface area contributed by atoms with E-state index >= 15 is 0 Å². The summed E-state index contributed by atoms with van der Waals surface area (Å²) < 4.78 is 38.9. The molecule has 0 radical (unpaired) electrons. The number of para-hydroxylation sites is 1. The summed E-state index contributed by atoms with van der Waals surface area (Å²) in [5.74, 6) is -0.531. The highest BCUT2D eigenvalue weighted by molar-refractivity contribution is 5.92. The molecule has 146 valence electrons. The van der Waals surface area contributed by atoms with E-state index in [9.17, 15) is 23.1 Å². The van der Waals surface area contributed by atoms with Crippen LogP contribution < -0.4 is 10.6 Å². The van der Waals surface area contributed by atoms with Crippen molar-refractivity contribution in [3.63, 3.8) is 0 Å². The number of aliphatic hydroxyl groups is 1. The second-order valence-electron chi connectivity index (χ2n) is 6.53. The van der Waals surface area contributed by atoms with Crippen molar-refractivity contribution < 1.29 is 23.1 Å². The minimum absolute atomic E-state index is 0.0210. The molecule has 0 fully saturated rings. The van der Waals surface area contributed by atoms with Gasteiger partial charge in [-0.05, 0) is 31.5 Å². The van der Waals surface area contributed by atoms with Crippen molar-refractivity contribution >= 4 is 11.6 Å². The predicted molar refractivity (Wildman–Crippen MR) is 98.3 cm³/mol. The van der Waals surface area contributed by atoms with Gasteiger partial charge in [0.2, 0.25) is 5.91 Å². The molecule has 7 heteroatoms. The average molecular weight is 380 g/mol. The minimum atomic E-state index is -4.54. The van der Waals surface area contributed by atoms with Crippen LogP contribution in [0.3, 0.4) is 0 Å². The van der Waals surface area contributed by atoms with Crippen molar-refractivity contribution in [2.45, 2.75) is 38.6 Å². The Morgan fingerprint density at radius 2 is 1.74 bits per heavy atom. The molecule has 0 aliphatic carbocycles. The Balaban J connectivity index is 1.86. The maximum atomic E-state index is 13.0. The number of aliphatic hydroxyl groups excluding tert-OH is 1. The highest BCUT2D eigenvalue weighted by atomic mass is 19.4. The number of amides is 1. The smallest absolute Gasteiger partial charge is 0.387 e. The second-order valence-corrected chi connectivity index (χ2v) is 6.53. The number of carbonyl (C=O) groups excluding carboxylic acids is 1. The lowest BCUT2D eigenvalue weighted by molar-refractivity contribution is -0.137. The molecule has 0 aromatic heterocycles. The molecule has 2 atom stereocenters. The fraction of sp³-hybridized carbons (Fsp3) is 0.350. The summed E-state index contributed by atoms with van der Waals surface area (Å²) in [5.41, 5.74) is 0.697. The highest BCUT2D eigenvalue weighted by Crippen LogP contribution is 2.34. The number of nitrogens with one attached hydrogen (secondary N) is 2. The van der Waals surface area contributed by atoms with Crippen LogP contribution in [-0.4, -0.2) is 23.6 Å². The van der Waals surface area contributed by atoms with Gasteiger partial charge < -0.3 is 15.7 Å². The van der Waals surface area contributed by atoms with Crippen LogP contribution in [0.5, 0.6) is 0 Å². The number of anilines is 1. The van der Waals surface area contributed by atoms with E-state index in [0.717, 1.165) is 17.2 Å². The number of hydrogen-bond donors (Lipinski definition) is 3. The topological polar surface area (TPSA) is 61.4 Å². The van der Waals surface area contributed by atoms with Gasteiger partial charge in [0, 0.05) is 19.0 Å². The number of halogens is 3. The van der Waals surface area contributed by atoms with Gasteiger partial charge in [-0.15, -0.1) is 0 Å². The first kappa shape index (κ1) is 20.9. The monoisotopic (exact) mass is 380 g/mol. The Labute approximate surface area is 156 Å². The number of hydrogen-bond acceptors (Lipinski definition) is 3. The van der Waals surface area contributed by atoms with E-state index < -0.39 is 23.8 Å². The lowest BCUT2D eigenvalue weighted by atomic mass is 10.1. The van der Waals surface area contributed by atoms with Gasteiger partial charge in [-0.25, -0.2) is 0 Å². The fourth-order valence-corrected chi connectivity index (χ4v) is 2.61. The van der Waals surface area contributed by atoms with E-state index in [1.165, 1.54) is 18.2 Å². The molecule has 1 amide bonds. The third kappa shape index (κ3) is 6.37. The first-order valence-corrected chi connectivity index (χ1v) is 8.61. The van der Waals surface area contributed by atoms with Crippen LogP contribution in [0, 0.1) is 6.92 Å². The number of benzene rings is 2. The lowest BCUT2D eigenvalue weighted by Gasteiger charge is -2.18. The van der Waals surface area contributed by atoms with E-state index in [-0.39, 0.29) is 24.7 Å². The van der Waals surface area contributed by atoms with Crippen LogP contribution in [-0.2, 0) is 11.0 Å². The number of aryl methyl sites for hydroxylation is 1. The van der Waals surface area contributed by atoms with Gasteiger partial charge >= 0.3 is 6.18 Å². The van der Waals surface area contributed by atoms with E-state index in [2.05, 4.69) is 10.6 Å². The van der Waals surface area contributed by atoms with E-state index in [1.807, 2.05) is 31.2 Å². The zero-order valence-corrected chi connectivity index (χ0v) is 15.2. The van der Waals surface area contributed by atoms with Crippen molar-refractivity contribution in [1.29, 1.82) is 0 Å². The fourth-order valence-electron chi connectivity index (χ4n) is 2.61. The zero-order chi connectivity index (χ0) is 20.0. The summed E-state index contributed by atoms with van der Waals surface area (Å²) in [5, 5.41) is 15.5. The van der Waals surface area contributed by atoms with Crippen LogP contribution in [0.25, 0.3) is 0 Å². The van der Waals surface area contributed by atoms with Crippen molar-refractivity contribution in [2.75, 3.05) is 11.9 Å². The van der Waals surface area contributed by atoms with Gasteiger partial charge in [0.25, 0.3) is 0 Å². The molecule has 2 unspecified atom stereocenters. The van der Waals surface area contributed by atoms with Gasteiger partial charge in [-0.1, -0.05) is 42.0 Å². The molecule has 0 aliphatic rings. The maximum absolute atomic E-state index is 13.0. The van der Waals surface area contributed by atoms with Crippen LogP contribution in [0.2, 0.25) is 0 Å². The maximum Gasteiger partial charge on any atom is 0.418 e. The van der Waals surface area contributed by atoms with Crippen LogP contribution in [0.1, 0.15) is 36.1 Å². The summed E-state index contributed by atoms with van der Waals surface area (Å²) >= 11 is 0. The van der Waals surface area contributed by atoms with Crippen molar-refractivity contribution in [1.82, 2.24) is 5.32 Å². The summed E-state index contributed by atoms with van der Waals surface area (Å²) in [6.45, 7) is 3.92. The SMILES string of the molecule is Cc1ccc(C(O)CNC(C)CC(=O)Nc2ccccc2C(F)(F)F)cc1. The van der Waals surface area contributed by atoms with Crippen LogP contribution in [0.15, 0.2) is 48.5 Å². The zero-order valence-electron chi connectivity index (χ0n) is 15.2. The molecule has 3 N–H and O–H groups in total. The summed E-state index contributed by atoms with van der Waals surface area (Å²) in [6.07, 6.45) is -5.29. The summed E-state index contributed by atoms with van der Waals surface area (Å²) in [6, 6.07) is 12.0. The number of alkyl halides is 3. The van der Waals surface area contributed by atoms with Gasteiger partial charge in [-0.2, -0.15) is 13.2 Å². The van der Waals surface area contributed by atoms with E-state index in [0.29, 0.717) is 0 Å². The molecule has 0 saturated carbocycles. The van der Waals surface area contributed by atoms with Crippen LogP contribution in [0.4, 0.5) is 18.9 Å². The summed E-state index contributed by atoms with van der Waals surface area (Å²) in [7, 11) is 0. The third-order valence-electron chi connectivity index (χ3n) is 4.12. The molecule has 0 heterocycles. The van der Waals surface area contributed by atoms with Crippen molar-refractivity contribution in [3.8, 4) is 0 Å².